The lowest BCUT2D eigenvalue weighted by Gasteiger charge is -2.27. The van der Waals surface area contributed by atoms with Crippen LogP contribution >= 0.6 is 0 Å². The molecule has 2 nitrogen and oxygen atoms in total. The van der Waals surface area contributed by atoms with Gasteiger partial charge in [0.15, 0.2) is 0 Å². The fraction of sp³-hybridized carbons (Fsp3) is 0.600. The quantitative estimate of drug-likeness (QED) is 0.819. The Bertz CT molecular complexity index is 316. The molecule has 2 heteroatoms. The summed E-state index contributed by atoms with van der Waals surface area (Å²) in [6.45, 7) is 6.55. The average Bonchev–Trinajstić information content (AvgIpc) is 2.28. The van der Waals surface area contributed by atoms with E-state index in [-0.39, 0.29) is 6.04 Å². The topological polar surface area (TPSA) is 29.3 Å². The minimum atomic E-state index is 0.234. The van der Waals surface area contributed by atoms with Crippen LogP contribution in [-0.2, 0) is 6.42 Å². The third-order valence-corrected chi connectivity index (χ3v) is 3.27. The summed E-state index contributed by atoms with van der Waals surface area (Å²) < 4.78 is 0. The molecule has 0 radical (unpaired) electrons. The zero-order valence-electron chi connectivity index (χ0n) is 11.6. The van der Waals surface area contributed by atoms with E-state index < -0.39 is 0 Å². The van der Waals surface area contributed by atoms with Gasteiger partial charge >= 0.3 is 0 Å². The highest BCUT2D eigenvalue weighted by Gasteiger charge is 2.08. The van der Waals surface area contributed by atoms with E-state index in [4.69, 9.17) is 5.73 Å². The summed E-state index contributed by atoms with van der Waals surface area (Å²) in [5.41, 5.74) is 8.41. The molecule has 1 rings (SSSR count). The van der Waals surface area contributed by atoms with E-state index in [0.717, 1.165) is 6.42 Å². The van der Waals surface area contributed by atoms with Crippen LogP contribution in [0.1, 0.15) is 39.2 Å². The molecule has 0 heterocycles. The highest BCUT2D eigenvalue weighted by Crippen LogP contribution is 2.18. The minimum absolute atomic E-state index is 0.234. The number of benzene rings is 1. The van der Waals surface area contributed by atoms with Gasteiger partial charge in [-0.25, -0.2) is 0 Å². The Morgan fingerprint density at radius 3 is 2.24 bits per heavy atom. The van der Waals surface area contributed by atoms with Crippen LogP contribution < -0.4 is 10.6 Å². The first-order chi connectivity index (χ1) is 8.04. The van der Waals surface area contributed by atoms with Gasteiger partial charge < -0.3 is 10.6 Å². The third-order valence-electron chi connectivity index (χ3n) is 3.27. The highest BCUT2D eigenvalue weighted by atomic mass is 15.1. The second-order valence-electron chi connectivity index (χ2n) is 5.10. The van der Waals surface area contributed by atoms with Crippen molar-refractivity contribution in [3.05, 3.63) is 29.8 Å². The lowest BCUT2D eigenvalue weighted by molar-refractivity contribution is 0.616. The molecule has 1 aromatic carbocycles. The molecule has 0 spiro atoms. The molecule has 96 valence electrons. The van der Waals surface area contributed by atoms with Gasteiger partial charge in [0.2, 0.25) is 0 Å². The molecule has 0 fully saturated rings. The smallest absolute Gasteiger partial charge is 0.0366 e. The van der Waals surface area contributed by atoms with Crippen molar-refractivity contribution in [2.24, 2.45) is 5.73 Å². The molecule has 1 aromatic rings. The third kappa shape index (κ3) is 4.39. The molecule has 0 aliphatic rings. The zero-order valence-corrected chi connectivity index (χ0v) is 11.6. The largest absolute Gasteiger partial charge is 0.372 e. The second-order valence-corrected chi connectivity index (χ2v) is 5.10. The molecule has 0 amide bonds. The lowest BCUT2D eigenvalue weighted by atomic mass is 10.1. The van der Waals surface area contributed by atoms with Gasteiger partial charge in [-0.3, -0.25) is 0 Å². The SMILES string of the molecule is CCCC(C)N(C)c1ccc(CC(C)N)cc1. The summed E-state index contributed by atoms with van der Waals surface area (Å²) >= 11 is 0. The van der Waals surface area contributed by atoms with Crippen molar-refractivity contribution in [1.29, 1.82) is 0 Å². The highest BCUT2D eigenvalue weighted by molar-refractivity contribution is 5.47. The standard InChI is InChI=1S/C15H26N2/c1-5-6-13(3)17(4)15-9-7-14(8-10-15)11-12(2)16/h7-10,12-13H,5-6,11,16H2,1-4H3. The van der Waals surface area contributed by atoms with Crippen LogP contribution in [0.5, 0.6) is 0 Å². The normalized spacial score (nSPS) is 14.4. The molecule has 0 bridgehead atoms. The van der Waals surface area contributed by atoms with Crippen molar-refractivity contribution in [2.45, 2.75) is 52.1 Å². The Morgan fingerprint density at radius 1 is 1.18 bits per heavy atom. The lowest BCUT2D eigenvalue weighted by Crippen LogP contribution is -2.28. The van der Waals surface area contributed by atoms with Gasteiger partial charge in [-0.2, -0.15) is 0 Å². The Balaban J connectivity index is 2.66. The maximum absolute atomic E-state index is 5.80. The van der Waals surface area contributed by atoms with Crippen LogP contribution in [-0.4, -0.2) is 19.1 Å². The Morgan fingerprint density at radius 2 is 1.76 bits per heavy atom. The van der Waals surface area contributed by atoms with Crippen LogP contribution in [0.25, 0.3) is 0 Å². The first-order valence-corrected chi connectivity index (χ1v) is 6.62. The molecular weight excluding hydrogens is 208 g/mol. The van der Waals surface area contributed by atoms with Gasteiger partial charge in [-0.1, -0.05) is 25.5 Å². The molecule has 0 saturated heterocycles. The van der Waals surface area contributed by atoms with Crippen LogP contribution in [0.3, 0.4) is 0 Å². The summed E-state index contributed by atoms with van der Waals surface area (Å²) in [5.74, 6) is 0. The fourth-order valence-corrected chi connectivity index (χ4v) is 2.10. The first kappa shape index (κ1) is 14.0. The van der Waals surface area contributed by atoms with Gasteiger partial charge in [0.1, 0.15) is 0 Å². The zero-order chi connectivity index (χ0) is 12.8. The predicted octanol–water partition coefficient (Wildman–Crippen LogP) is 3.20. The monoisotopic (exact) mass is 234 g/mol. The number of nitrogens with zero attached hydrogens (tertiary/aromatic N) is 1. The number of hydrogen-bond donors (Lipinski definition) is 1. The second kappa shape index (κ2) is 6.65. The Hall–Kier alpha value is -1.02. The minimum Gasteiger partial charge on any atom is -0.372 e. The van der Waals surface area contributed by atoms with Crippen LogP contribution in [0.4, 0.5) is 5.69 Å². The van der Waals surface area contributed by atoms with Gasteiger partial charge in [0.05, 0.1) is 0 Å². The molecular formula is C15H26N2. The van der Waals surface area contributed by atoms with Gasteiger partial charge in [-0.15, -0.1) is 0 Å². The van der Waals surface area contributed by atoms with E-state index >= 15 is 0 Å². The molecule has 0 aromatic heterocycles. The van der Waals surface area contributed by atoms with E-state index in [1.807, 2.05) is 6.92 Å². The van der Waals surface area contributed by atoms with E-state index in [2.05, 4.69) is 50.1 Å². The number of anilines is 1. The van der Waals surface area contributed by atoms with Crippen molar-refractivity contribution in [3.63, 3.8) is 0 Å². The van der Waals surface area contributed by atoms with Crippen LogP contribution in [0.2, 0.25) is 0 Å². The van der Waals surface area contributed by atoms with Crippen molar-refractivity contribution >= 4 is 5.69 Å². The van der Waals surface area contributed by atoms with E-state index in [9.17, 15) is 0 Å². The maximum atomic E-state index is 5.80. The van der Waals surface area contributed by atoms with Crippen LogP contribution in [0.15, 0.2) is 24.3 Å². The molecule has 2 N–H and O–H groups in total. The molecule has 0 aliphatic heterocycles. The molecule has 2 atom stereocenters. The maximum Gasteiger partial charge on any atom is 0.0366 e. The van der Waals surface area contributed by atoms with Gasteiger partial charge in [0, 0.05) is 24.8 Å². The summed E-state index contributed by atoms with van der Waals surface area (Å²) in [7, 11) is 2.17. The fourth-order valence-electron chi connectivity index (χ4n) is 2.10. The number of nitrogens with two attached hydrogens (primary N) is 1. The van der Waals surface area contributed by atoms with E-state index in [1.54, 1.807) is 0 Å². The predicted molar refractivity (Wildman–Crippen MR) is 76.6 cm³/mol. The summed E-state index contributed by atoms with van der Waals surface area (Å²) in [6, 6.07) is 9.60. The first-order valence-electron chi connectivity index (χ1n) is 6.62. The molecule has 0 saturated carbocycles. The van der Waals surface area contributed by atoms with E-state index in [0.29, 0.717) is 6.04 Å². The summed E-state index contributed by atoms with van der Waals surface area (Å²) in [5, 5.41) is 0. The summed E-state index contributed by atoms with van der Waals surface area (Å²) in [6.07, 6.45) is 3.42. The number of rotatable bonds is 6. The van der Waals surface area contributed by atoms with Gasteiger partial charge in [0.25, 0.3) is 0 Å². The Labute approximate surface area is 106 Å². The van der Waals surface area contributed by atoms with E-state index in [1.165, 1.54) is 24.1 Å². The van der Waals surface area contributed by atoms with Gasteiger partial charge in [-0.05, 0) is 44.4 Å². The van der Waals surface area contributed by atoms with Crippen molar-refractivity contribution < 1.29 is 0 Å². The van der Waals surface area contributed by atoms with Crippen LogP contribution in [0, 0.1) is 0 Å². The average molecular weight is 234 g/mol. The summed E-state index contributed by atoms with van der Waals surface area (Å²) in [4.78, 5) is 2.35. The van der Waals surface area contributed by atoms with Crippen molar-refractivity contribution in [3.8, 4) is 0 Å². The Kier molecular flexibility index (Phi) is 5.49. The number of hydrogen-bond acceptors (Lipinski definition) is 2. The molecule has 0 aliphatic carbocycles. The molecule has 17 heavy (non-hydrogen) atoms. The molecule has 2 unspecified atom stereocenters. The van der Waals surface area contributed by atoms with Crippen molar-refractivity contribution in [1.82, 2.24) is 0 Å². The van der Waals surface area contributed by atoms with Crippen molar-refractivity contribution in [2.75, 3.05) is 11.9 Å².